The van der Waals surface area contributed by atoms with Crippen LogP contribution in [0.1, 0.15) is 39.6 Å². The maximum atomic E-state index is 14.3. The Labute approximate surface area is 225 Å². The fraction of sp³-hybridized carbons (Fsp3) is 0.286. The van der Waals surface area contributed by atoms with Crippen molar-refractivity contribution in [3.8, 4) is 0 Å². The average Bonchev–Trinajstić information content (AvgIpc) is 3.63. The van der Waals surface area contributed by atoms with Gasteiger partial charge in [0.25, 0.3) is 0 Å². The summed E-state index contributed by atoms with van der Waals surface area (Å²) in [4.78, 5) is 42.1. The van der Waals surface area contributed by atoms with E-state index in [0.29, 0.717) is 22.7 Å². The number of amides is 2. The van der Waals surface area contributed by atoms with Gasteiger partial charge in [0.05, 0.1) is 30.1 Å². The lowest BCUT2D eigenvalue weighted by Gasteiger charge is -2.33. The lowest BCUT2D eigenvalue weighted by atomic mass is 9.84. The van der Waals surface area contributed by atoms with Crippen molar-refractivity contribution in [3.05, 3.63) is 93.7 Å². The average molecular weight is 534 g/mol. The SMILES string of the molecule is N=C(N)c1ccc(CN(C(=O)[C@@H]2CCCN2)C(=O)[C@H](NCC(=O)O)C(c2ccccc2)c2ccccc2)s1. The topological polar surface area (TPSA) is 149 Å². The van der Waals surface area contributed by atoms with Crippen LogP contribution in [-0.2, 0) is 20.9 Å². The molecule has 1 aliphatic rings. The van der Waals surface area contributed by atoms with Crippen LogP contribution in [0, 0.1) is 5.41 Å². The van der Waals surface area contributed by atoms with Gasteiger partial charge in [-0.2, -0.15) is 0 Å². The Balaban J connectivity index is 1.76. The number of nitrogens with one attached hydrogen (secondary N) is 3. The van der Waals surface area contributed by atoms with E-state index in [2.05, 4.69) is 10.6 Å². The monoisotopic (exact) mass is 533 g/mol. The summed E-state index contributed by atoms with van der Waals surface area (Å²) in [5, 5.41) is 23.3. The van der Waals surface area contributed by atoms with Gasteiger partial charge in [-0.15, -0.1) is 11.3 Å². The van der Waals surface area contributed by atoms with Crippen molar-refractivity contribution >= 4 is 35.0 Å². The molecule has 0 unspecified atom stereocenters. The molecule has 2 amide bonds. The van der Waals surface area contributed by atoms with Gasteiger partial charge >= 0.3 is 5.97 Å². The highest BCUT2D eigenvalue weighted by atomic mass is 32.1. The summed E-state index contributed by atoms with van der Waals surface area (Å²) in [5.74, 6) is -2.61. The fourth-order valence-corrected chi connectivity index (χ4v) is 5.58. The maximum absolute atomic E-state index is 14.3. The van der Waals surface area contributed by atoms with E-state index in [0.717, 1.165) is 17.5 Å². The van der Waals surface area contributed by atoms with E-state index in [1.807, 2.05) is 60.7 Å². The molecule has 6 N–H and O–H groups in total. The zero-order chi connectivity index (χ0) is 27.1. The molecular weight excluding hydrogens is 502 g/mol. The number of nitrogens with zero attached hydrogens (tertiary/aromatic N) is 1. The third kappa shape index (κ3) is 6.52. The molecule has 198 valence electrons. The number of carboxylic acid groups (broad SMARTS) is 1. The number of hydrogen-bond acceptors (Lipinski definition) is 7. The molecule has 1 saturated heterocycles. The smallest absolute Gasteiger partial charge is 0.317 e. The second-order valence-corrected chi connectivity index (χ2v) is 10.3. The molecule has 4 rings (SSSR count). The normalized spacial score (nSPS) is 15.8. The Morgan fingerprint density at radius 2 is 1.68 bits per heavy atom. The van der Waals surface area contributed by atoms with E-state index in [9.17, 15) is 19.5 Å². The van der Waals surface area contributed by atoms with Crippen molar-refractivity contribution in [1.82, 2.24) is 15.5 Å². The highest BCUT2D eigenvalue weighted by molar-refractivity contribution is 7.14. The zero-order valence-corrected chi connectivity index (χ0v) is 21.6. The predicted molar refractivity (Wildman–Crippen MR) is 146 cm³/mol. The molecule has 0 saturated carbocycles. The Hall–Kier alpha value is -3.86. The number of imide groups is 1. The second-order valence-electron chi connectivity index (χ2n) is 9.14. The van der Waals surface area contributed by atoms with Crippen LogP contribution in [0.3, 0.4) is 0 Å². The van der Waals surface area contributed by atoms with E-state index in [-0.39, 0.29) is 18.3 Å². The first-order chi connectivity index (χ1) is 18.3. The molecule has 2 atom stereocenters. The summed E-state index contributed by atoms with van der Waals surface area (Å²) in [6.07, 6.45) is 1.43. The van der Waals surface area contributed by atoms with Crippen molar-refractivity contribution in [2.24, 2.45) is 5.73 Å². The van der Waals surface area contributed by atoms with Crippen molar-refractivity contribution in [2.75, 3.05) is 13.1 Å². The van der Waals surface area contributed by atoms with Crippen LogP contribution in [0.15, 0.2) is 72.8 Å². The first kappa shape index (κ1) is 27.2. The standard InChI is InChI=1S/C28H31N5O4S/c29-26(30)22-14-13-20(38-22)17-33(27(36)21-12-7-15-31-21)28(37)25(32-16-23(34)35)24(18-8-3-1-4-9-18)19-10-5-2-6-11-19/h1-6,8-11,13-14,21,24-25,31-32H,7,12,15-17H2,(H3,29,30)(H,34,35)/t21-,25+/m0/s1. The van der Waals surface area contributed by atoms with Gasteiger partial charge in [-0.05, 0) is 42.6 Å². The van der Waals surface area contributed by atoms with Crippen LogP contribution >= 0.6 is 11.3 Å². The summed E-state index contributed by atoms with van der Waals surface area (Å²) < 4.78 is 0. The van der Waals surface area contributed by atoms with Crippen LogP contribution in [0.25, 0.3) is 0 Å². The molecule has 0 aliphatic carbocycles. The molecule has 10 heteroatoms. The van der Waals surface area contributed by atoms with Gasteiger partial charge < -0.3 is 16.2 Å². The number of hydrogen-bond donors (Lipinski definition) is 5. The van der Waals surface area contributed by atoms with E-state index in [4.69, 9.17) is 11.1 Å². The third-order valence-electron chi connectivity index (χ3n) is 6.52. The number of carboxylic acids is 1. The summed E-state index contributed by atoms with van der Waals surface area (Å²) in [6.45, 7) is 0.225. The minimum Gasteiger partial charge on any atom is -0.480 e. The number of amidine groups is 1. The van der Waals surface area contributed by atoms with Crippen molar-refractivity contribution in [1.29, 1.82) is 5.41 Å². The minimum absolute atomic E-state index is 0.00462. The Bertz CT molecular complexity index is 1240. The first-order valence-electron chi connectivity index (χ1n) is 12.4. The highest BCUT2D eigenvalue weighted by Crippen LogP contribution is 2.30. The molecule has 3 aromatic rings. The molecule has 9 nitrogen and oxygen atoms in total. The lowest BCUT2D eigenvalue weighted by molar-refractivity contribution is -0.148. The van der Waals surface area contributed by atoms with Crippen LogP contribution in [0.4, 0.5) is 0 Å². The van der Waals surface area contributed by atoms with E-state index < -0.39 is 36.4 Å². The van der Waals surface area contributed by atoms with Crippen LogP contribution < -0.4 is 16.4 Å². The molecule has 1 aromatic heterocycles. The molecule has 2 aromatic carbocycles. The summed E-state index contributed by atoms with van der Waals surface area (Å²) in [7, 11) is 0. The largest absolute Gasteiger partial charge is 0.480 e. The Morgan fingerprint density at radius 3 is 2.18 bits per heavy atom. The fourth-order valence-electron chi connectivity index (χ4n) is 4.72. The first-order valence-corrected chi connectivity index (χ1v) is 13.2. The second kappa shape index (κ2) is 12.6. The van der Waals surface area contributed by atoms with Crippen molar-refractivity contribution in [3.63, 3.8) is 0 Å². The number of nitrogen functional groups attached to an aromatic ring is 1. The molecule has 1 aliphatic heterocycles. The number of carbonyl (C=O) groups excluding carboxylic acids is 2. The van der Waals surface area contributed by atoms with Crippen molar-refractivity contribution in [2.45, 2.75) is 37.4 Å². The molecule has 38 heavy (non-hydrogen) atoms. The quantitative estimate of drug-likeness (QED) is 0.188. The van der Waals surface area contributed by atoms with Gasteiger partial charge in [0.2, 0.25) is 11.8 Å². The minimum atomic E-state index is -1.11. The van der Waals surface area contributed by atoms with Crippen LogP contribution in [0.5, 0.6) is 0 Å². The zero-order valence-electron chi connectivity index (χ0n) is 20.8. The number of thiophene rings is 1. The summed E-state index contributed by atoms with van der Waals surface area (Å²) >= 11 is 1.25. The van der Waals surface area contributed by atoms with Gasteiger partial charge in [0.15, 0.2) is 0 Å². The van der Waals surface area contributed by atoms with E-state index >= 15 is 0 Å². The van der Waals surface area contributed by atoms with Crippen molar-refractivity contribution < 1.29 is 19.5 Å². The van der Waals surface area contributed by atoms with Gasteiger partial charge in [-0.3, -0.25) is 30.0 Å². The van der Waals surface area contributed by atoms with E-state index in [1.165, 1.54) is 16.2 Å². The highest BCUT2D eigenvalue weighted by Gasteiger charge is 2.39. The lowest BCUT2D eigenvalue weighted by Crippen LogP contribution is -2.55. The van der Waals surface area contributed by atoms with Gasteiger partial charge in [0.1, 0.15) is 5.84 Å². The van der Waals surface area contributed by atoms with E-state index in [1.54, 1.807) is 12.1 Å². The number of nitrogens with two attached hydrogens (primary N) is 1. The van der Waals surface area contributed by atoms with Crippen LogP contribution in [-0.4, -0.2) is 58.8 Å². The number of carbonyl (C=O) groups is 3. The molecule has 0 bridgehead atoms. The molecule has 0 spiro atoms. The summed E-state index contributed by atoms with van der Waals surface area (Å²) in [6, 6.07) is 20.7. The molecule has 2 heterocycles. The predicted octanol–water partition coefficient (Wildman–Crippen LogP) is 2.51. The van der Waals surface area contributed by atoms with Gasteiger partial charge in [-0.1, -0.05) is 60.7 Å². The maximum Gasteiger partial charge on any atom is 0.317 e. The van der Waals surface area contributed by atoms with Crippen LogP contribution in [0.2, 0.25) is 0 Å². The van der Waals surface area contributed by atoms with Gasteiger partial charge in [-0.25, -0.2) is 0 Å². The Morgan fingerprint density at radius 1 is 1.05 bits per heavy atom. The third-order valence-corrected chi connectivity index (χ3v) is 7.62. The number of aliphatic carboxylic acids is 1. The molecule has 1 fully saturated rings. The number of benzene rings is 2. The molecule has 0 radical (unpaired) electrons. The van der Waals surface area contributed by atoms with Gasteiger partial charge in [0, 0.05) is 10.8 Å². The summed E-state index contributed by atoms with van der Waals surface area (Å²) in [5.41, 5.74) is 7.26. The molecular formula is C28H31N5O4S. The Kier molecular flexibility index (Phi) is 9.01. The number of rotatable bonds is 11.